The molecule has 0 spiro atoms. The van der Waals surface area contributed by atoms with Crippen molar-refractivity contribution >= 4 is 11.8 Å². The van der Waals surface area contributed by atoms with Gasteiger partial charge in [-0.1, -0.05) is 20.8 Å². The molecule has 1 N–H and O–H groups in total. The van der Waals surface area contributed by atoms with Gasteiger partial charge in [0.2, 0.25) is 11.8 Å². The van der Waals surface area contributed by atoms with E-state index in [0.29, 0.717) is 6.54 Å². The van der Waals surface area contributed by atoms with Gasteiger partial charge < -0.3 is 10.2 Å². The van der Waals surface area contributed by atoms with E-state index in [1.165, 1.54) is 0 Å². The molecule has 1 saturated heterocycles. The molecule has 4 heteroatoms. The Hall–Kier alpha value is -1.06. The minimum absolute atomic E-state index is 0.0684. The van der Waals surface area contributed by atoms with Crippen LogP contribution in [0.15, 0.2) is 0 Å². The van der Waals surface area contributed by atoms with Gasteiger partial charge in [-0.2, -0.15) is 0 Å². The third-order valence-corrected chi connectivity index (χ3v) is 3.22. The minimum Gasteiger partial charge on any atom is -0.351 e. The maximum Gasteiger partial charge on any atom is 0.227 e. The predicted octanol–water partition coefficient (Wildman–Crippen LogP) is 2.19. The Morgan fingerprint density at radius 1 is 1.11 bits per heavy atom. The largest absolute Gasteiger partial charge is 0.351 e. The summed E-state index contributed by atoms with van der Waals surface area (Å²) in [7, 11) is 0. The summed E-state index contributed by atoms with van der Waals surface area (Å²) in [5, 5.41) is 3.01. The Morgan fingerprint density at radius 3 is 2.16 bits per heavy atom. The number of nitrogens with zero attached hydrogens (tertiary/aromatic N) is 1. The van der Waals surface area contributed by atoms with Crippen molar-refractivity contribution in [1.29, 1.82) is 0 Å². The molecule has 4 nitrogen and oxygen atoms in total. The summed E-state index contributed by atoms with van der Waals surface area (Å²) in [5.41, 5.74) is -0.588. The molecule has 0 aromatic carbocycles. The summed E-state index contributed by atoms with van der Waals surface area (Å²) >= 11 is 0. The molecular formula is C15H28N2O2. The van der Waals surface area contributed by atoms with Crippen molar-refractivity contribution in [3.63, 3.8) is 0 Å². The number of piperidine rings is 1. The van der Waals surface area contributed by atoms with Gasteiger partial charge in [0.05, 0.1) is 5.92 Å². The summed E-state index contributed by atoms with van der Waals surface area (Å²) in [5.74, 6) is 0.138. The molecule has 1 aliphatic heterocycles. The summed E-state index contributed by atoms with van der Waals surface area (Å²) in [6.45, 7) is 13.0. The average Bonchev–Trinajstić information content (AvgIpc) is 2.24. The van der Waals surface area contributed by atoms with Crippen LogP contribution in [0.2, 0.25) is 0 Å². The van der Waals surface area contributed by atoms with Crippen LogP contribution in [0.4, 0.5) is 0 Å². The van der Waals surface area contributed by atoms with Crippen LogP contribution in [0.1, 0.15) is 54.4 Å². The van der Waals surface area contributed by atoms with Crippen molar-refractivity contribution in [2.45, 2.75) is 59.9 Å². The number of nitrogens with one attached hydrogen (secondary N) is 1. The molecule has 1 atom stereocenters. The van der Waals surface area contributed by atoms with Crippen molar-refractivity contribution < 1.29 is 9.59 Å². The lowest BCUT2D eigenvalue weighted by atomic mass is 9.90. The number of amides is 2. The van der Waals surface area contributed by atoms with Crippen molar-refractivity contribution in [2.24, 2.45) is 11.3 Å². The van der Waals surface area contributed by atoms with E-state index >= 15 is 0 Å². The van der Waals surface area contributed by atoms with E-state index in [4.69, 9.17) is 0 Å². The molecule has 1 rings (SSSR count). The summed E-state index contributed by atoms with van der Waals surface area (Å²) in [6.07, 6.45) is 1.78. The standard InChI is InChI=1S/C15H28N2O2/c1-14(2,3)13(19)17-9-7-8-11(10-17)12(18)16-15(4,5)6/h11H,7-10H2,1-6H3,(H,16,18). The van der Waals surface area contributed by atoms with Crippen molar-refractivity contribution in [3.8, 4) is 0 Å². The highest BCUT2D eigenvalue weighted by Crippen LogP contribution is 2.23. The van der Waals surface area contributed by atoms with Crippen LogP contribution in [0, 0.1) is 11.3 Å². The molecule has 0 saturated carbocycles. The minimum atomic E-state index is -0.373. The van der Waals surface area contributed by atoms with E-state index in [-0.39, 0.29) is 28.7 Å². The quantitative estimate of drug-likeness (QED) is 0.792. The summed E-state index contributed by atoms with van der Waals surface area (Å²) in [6, 6.07) is 0. The monoisotopic (exact) mass is 268 g/mol. The number of hydrogen-bond donors (Lipinski definition) is 1. The molecule has 110 valence electrons. The van der Waals surface area contributed by atoms with Crippen LogP contribution in [-0.2, 0) is 9.59 Å². The normalized spacial score (nSPS) is 21.2. The van der Waals surface area contributed by atoms with Gasteiger partial charge in [0.25, 0.3) is 0 Å². The first-order valence-electron chi connectivity index (χ1n) is 7.12. The lowest BCUT2D eigenvalue weighted by Crippen LogP contribution is -2.51. The maximum atomic E-state index is 12.3. The SMILES string of the molecule is CC(C)(C)NC(=O)C1CCCN(C(=O)C(C)(C)C)C1. The molecule has 2 amide bonds. The fourth-order valence-electron chi connectivity index (χ4n) is 2.32. The highest BCUT2D eigenvalue weighted by molar-refractivity contribution is 5.84. The highest BCUT2D eigenvalue weighted by Gasteiger charge is 2.34. The van der Waals surface area contributed by atoms with E-state index in [1.807, 2.05) is 46.4 Å². The molecule has 1 aliphatic rings. The highest BCUT2D eigenvalue weighted by atomic mass is 16.2. The van der Waals surface area contributed by atoms with Crippen LogP contribution in [-0.4, -0.2) is 35.3 Å². The number of rotatable bonds is 1. The molecule has 1 heterocycles. The lowest BCUT2D eigenvalue weighted by molar-refractivity contribution is -0.143. The third kappa shape index (κ3) is 4.84. The first-order chi connectivity index (χ1) is 8.50. The molecule has 0 radical (unpaired) electrons. The summed E-state index contributed by atoms with van der Waals surface area (Å²) < 4.78 is 0. The Morgan fingerprint density at radius 2 is 1.68 bits per heavy atom. The summed E-state index contributed by atoms with van der Waals surface area (Å²) in [4.78, 5) is 26.3. The van der Waals surface area contributed by atoms with E-state index in [2.05, 4.69) is 5.32 Å². The van der Waals surface area contributed by atoms with Crippen molar-refractivity contribution in [2.75, 3.05) is 13.1 Å². The van der Waals surface area contributed by atoms with Crippen LogP contribution >= 0.6 is 0 Å². The van der Waals surface area contributed by atoms with E-state index < -0.39 is 0 Å². The van der Waals surface area contributed by atoms with Gasteiger partial charge in [0.15, 0.2) is 0 Å². The zero-order valence-corrected chi connectivity index (χ0v) is 13.2. The zero-order valence-electron chi connectivity index (χ0n) is 13.2. The fourth-order valence-corrected chi connectivity index (χ4v) is 2.32. The molecule has 0 aromatic heterocycles. The van der Waals surface area contributed by atoms with E-state index in [1.54, 1.807) is 0 Å². The van der Waals surface area contributed by atoms with E-state index in [0.717, 1.165) is 19.4 Å². The second kappa shape index (κ2) is 5.51. The van der Waals surface area contributed by atoms with Gasteiger partial charge in [-0.15, -0.1) is 0 Å². The fraction of sp³-hybridized carbons (Fsp3) is 0.867. The average molecular weight is 268 g/mol. The Labute approximate surface area is 116 Å². The smallest absolute Gasteiger partial charge is 0.227 e. The first kappa shape index (κ1) is 16.0. The number of carbonyl (C=O) groups is 2. The molecule has 1 fully saturated rings. The molecule has 0 aliphatic carbocycles. The third-order valence-electron chi connectivity index (χ3n) is 3.22. The molecule has 0 aromatic rings. The first-order valence-corrected chi connectivity index (χ1v) is 7.12. The predicted molar refractivity (Wildman–Crippen MR) is 76.7 cm³/mol. The Kier molecular flexibility index (Phi) is 4.64. The topological polar surface area (TPSA) is 49.4 Å². The van der Waals surface area contributed by atoms with Gasteiger partial charge in [0, 0.05) is 24.0 Å². The second-order valence-electron chi connectivity index (χ2n) is 7.58. The van der Waals surface area contributed by atoms with Crippen LogP contribution in [0.5, 0.6) is 0 Å². The number of likely N-dealkylation sites (tertiary alicyclic amines) is 1. The van der Waals surface area contributed by atoms with Gasteiger partial charge in [0.1, 0.15) is 0 Å². The van der Waals surface area contributed by atoms with Crippen molar-refractivity contribution in [1.82, 2.24) is 10.2 Å². The van der Waals surface area contributed by atoms with Gasteiger partial charge in [-0.25, -0.2) is 0 Å². The van der Waals surface area contributed by atoms with Gasteiger partial charge in [-0.05, 0) is 33.6 Å². The van der Waals surface area contributed by atoms with Gasteiger partial charge in [-0.3, -0.25) is 9.59 Å². The Bertz CT molecular complexity index is 350. The molecule has 19 heavy (non-hydrogen) atoms. The van der Waals surface area contributed by atoms with E-state index in [9.17, 15) is 9.59 Å². The van der Waals surface area contributed by atoms with Crippen LogP contribution in [0.25, 0.3) is 0 Å². The van der Waals surface area contributed by atoms with Crippen molar-refractivity contribution in [3.05, 3.63) is 0 Å². The molecule has 1 unspecified atom stereocenters. The second-order valence-corrected chi connectivity index (χ2v) is 7.58. The molecular weight excluding hydrogens is 240 g/mol. The van der Waals surface area contributed by atoms with Gasteiger partial charge >= 0.3 is 0 Å². The maximum absolute atomic E-state index is 12.3. The van der Waals surface area contributed by atoms with Crippen LogP contribution in [0.3, 0.4) is 0 Å². The lowest BCUT2D eigenvalue weighted by Gasteiger charge is -2.36. The zero-order chi connectivity index (χ0) is 14.8. The number of carbonyl (C=O) groups excluding carboxylic acids is 2. The Balaban J connectivity index is 2.65. The van der Waals surface area contributed by atoms with Crippen LogP contribution < -0.4 is 5.32 Å². The number of hydrogen-bond acceptors (Lipinski definition) is 2. The molecule has 0 bridgehead atoms.